The van der Waals surface area contributed by atoms with Crippen LogP contribution >= 0.6 is 0 Å². The third kappa shape index (κ3) is 2.73. The van der Waals surface area contributed by atoms with Crippen molar-refractivity contribution in [1.29, 1.82) is 0 Å². The van der Waals surface area contributed by atoms with Crippen molar-refractivity contribution < 1.29 is 12.9 Å². The van der Waals surface area contributed by atoms with Crippen LogP contribution in [0.1, 0.15) is 24.8 Å². The minimum absolute atomic E-state index is 0.110. The molecule has 0 radical (unpaired) electrons. The predicted octanol–water partition coefficient (Wildman–Crippen LogP) is 2.48. The summed E-state index contributed by atoms with van der Waals surface area (Å²) in [7, 11) is -3.76. The van der Waals surface area contributed by atoms with Crippen LogP contribution in [0.25, 0.3) is 0 Å². The molecular formula is C14H19N3O3S. The summed E-state index contributed by atoms with van der Waals surface area (Å²) in [5.74, 6) is 0.281. The van der Waals surface area contributed by atoms with E-state index in [-0.39, 0.29) is 10.7 Å². The first-order chi connectivity index (χ1) is 9.89. The fourth-order valence-electron chi connectivity index (χ4n) is 2.24. The number of anilines is 2. The minimum atomic E-state index is -3.76. The van der Waals surface area contributed by atoms with Gasteiger partial charge >= 0.3 is 0 Å². The predicted molar refractivity (Wildman–Crippen MR) is 81.7 cm³/mol. The molecule has 6 nitrogen and oxygen atoms in total. The first-order valence-corrected chi connectivity index (χ1v) is 8.13. The number of nitrogens with two attached hydrogens (primary N) is 1. The van der Waals surface area contributed by atoms with Gasteiger partial charge in [0.25, 0.3) is 10.0 Å². The summed E-state index contributed by atoms with van der Waals surface area (Å²) in [4.78, 5) is 0.110. The molecule has 2 rings (SSSR count). The lowest BCUT2D eigenvalue weighted by atomic mass is 10.2. The Morgan fingerprint density at radius 3 is 2.48 bits per heavy atom. The summed E-state index contributed by atoms with van der Waals surface area (Å²) in [5.41, 5.74) is 7.17. The molecule has 1 heterocycles. The van der Waals surface area contributed by atoms with E-state index in [1.807, 2.05) is 6.92 Å². The Morgan fingerprint density at radius 2 is 1.95 bits per heavy atom. The largest absolute Gasteiger partial charge is 0.397 e. The average Bonchev–Trinajstić information content (AvgIpc) is 2.77. The van der Waals surface area contributed by atoms with Gasteiger partial charge in [0.2, 0.25) is 0 Å². The highest BCUT2D eigenvalue weighted by Crippen LogP contribution is 2.31. The highest BCUT2D eigenvalue weighted by molar-refractivity contribution is 7.93. The lowest BCUT2D eigenvalue weighted by Gasteiger charge is -2.25. The fraction of sp³-hybridized carbons (Fsp3) is 0.357. The Hall–Kier alpha value is -2.02. The first-order valence-electron chi connectivity index (χ1n) is 6.69. The monoisotopic (exact) mass is 309 g/mol. The highest BCUT2D eigenvalue weighted by atomic mass is 32.2. The lowest BCUT2D eigenvalue weighted by molar-refractivity contribution is 0.390. The molecule has 0 aliphatic rings. The molecule has 0 aliphatic heterocycles. The standard InChI is InChI=1S/C14H19N3O3S/c1-4-9-17(13-8-6-5-7-12(13)15)21(18,19)14-10(2)16-20-11(14)3/h5-8H,4,9,15H2,1-3H3. The second kappa shape index (κ2) is 5.77. The SMILES string of the molecule is CCCN(c1ccccc1N)S(=O)(=O)c1c(C)noc1C. The second-order valence-electron chi connectivity index (χ2n) is 4.79. The molecule has 0 bridgehead atoms. The first kappa shape index (κ1) is 15.4. The van der Waals surface area contributed by atoms with Crippen molar-refractivity contribution in [2.45, 2.75) is 32.1 Å². The molecule has 2 aromatic rings. The van der Waals surface area contributed by atoms with E-state index in [0.29, 0.717) is 30.0 Å². The molecule has 0 unspecified atom stereocenters. The summed E-state index contributed by atoms with van der Waals surface area (Å²) in [6.45, 7) is 5.45. The zero-order valence-electron chi connectivity index (χ0n) is 12.3. The number of sulfonamides is 1. The Labute approximate surface area is 124 Å². The van der Waals surface area contributed by atoms with Gasteiger partial charge in [-0.15, -0.1) is 0 Å². The molecule has 0 atom stereocenters. The van der Waals surface area contributed by atoms with Crippen molar-refractivity contribution in [3.05, 3.63) is 35.7 Å². The Balaban J connectivity index is 2.60. The number of aromatic nitrogens is 1. The van der Waals surface area contributed by atoms with Crippen molar-refractivity contribution >= 4 is 21.4 Å². The third-order valence-corrected chi connectivity index (χ3v) is 5.21. The van der Waals surface area contributed by atoms with Crippen molar-refractivity contribution in [3.63, 3.8) is 0 Å². The number of aryl methyl sites for hydroxylation is 2. The molecule has 114 valence electrons. The maximum Gasteiger partial charge on any atom is 0.269 e. The number of hydrogen-bond acceptors (Lipinski definition) is 5. The van der Waals surface area contributed by atoms with E-state index < -0.39 is 10.0 Å². The average molecular weight is 309 g/mol. The molecule has 7 heteroatoms. The molecule has 0 saturated carbocycles. The maximum absolute atomic E-state index is 12.9. The van der Waals surface area contributed by atoms with E-state index in [1.54, 1.807) is 38.1 Å². The summed E-state index contributed by atoms with van der Waals surface area (Å²) in [6, 6.07) is 6.91. The van der Waals surface area contributed by atoms with E-state index in [1.165, 1.54) is 4.31 Å². The van der Waals surface area contributed by atoms with Crippen LogP contribution in [0.15, 0.2) is 33.7 Å². The van der Waals surface area contributed by atoms with E-state index in [4.69, 9.17) is 10.3 Å². The molecule has 0 saturated heterocycles. The number of hydrogen-bond donors (Lipinski definition) is 1. The quantitative estimate of drug-likeness (QED) is 0.857. The van der Waals surface area contributed by atoms with Gasteiger partial charge in [-0.2, -0.15) is 0 Å². The molecular weight excluding hydrogens is 290 g/mol. The van der Waals surface area contributed by atoms with Crippen LogP contribution in [-0.2, 0) is 10.0 Å². The van der Waals surface area contributed by atoms with Crippen LogP contribution in [0.5, 0.6) is 0 Å². The van der Waals surface area contributed by atoms with Crippen LogP contribution in [0, 0.1) is 13.8 Å². The van der Waals surface area contributed by atoms with E-state index in [0.717, 1.165) is 0 Å². The topological polar surface area (TPSA) is 89.4 Å². The second-order valence-corrected chi connectivity index (χ2v) is 6.59. The normalized spacial score (nSPS) is 11.6. The van der Waals surface area contributed by atoms with Gasteiger partial charge in [-0.25, -0.2) is 8.42 Å². The van der Waals surface area contributed by atoms with Crippen molar-refractivity contribution in [1.82, 2.24) is 5.16 Å². The fourth-order valence-corrected chi connectivity index (χ4v) is 4.12. The van der Waals surface area contributed by atoms with Gasteiger partial charge in [0.15, 0.2) is 10.7 Å². The van der Waals surface area contributed by atoms with Crippen LogP contribution in [0.3, 0.4) is 0 Å². The van der Waals surface area contributed by atoms with Gasteiger partial charge in [-0.3, -0.25) is 4.31 Å². The molecule has 2 N–H and O–H groups in total. The zero-order chi connectivity index (χ0) is 15.6. The smallest absolute Gasteiger partial charge is 0.269 e. The van der Waals surface area contributed by atoms with Crippen LogP contribution in [0.4, 0.5) is 11.4 Å². The van der Waals surface area contributed by atoms with Crippen molar-refractivity contribution in [2.24, 2.45) is 0 Å². The van der Waals surface area contributed by atoms with E-state index >= 15 is 0 Å². The molecule has 21 heavy (non-hydrogen) atoms. The maximum atomic E-state index is 12.9. The van der Waals surface area contributed by atoms with Gasteiger partial charge in [-0.1, -0.05) is 24.2 Å². The molecule has 1 aromatic carbocycles. The van der Waals surface area contributed by atoms with Gasteiger partial charge < -0.3 is 10.3 Å². The summed E-state index contributed by atoms with van der Waals surface area (Å²) in [6.07, 6.45) is 0.664. The molecule has 0 fully saturated rings. The molecule has 0 amide bonds. The highest BCUT2D eigenvalue weighted by Gasteiger charge is 2.31. The van der Waals surface area contributed by atoms with Crippen molar-refractivity contribution in [3.8, 4) is 0 Å². The third-order valence-electron chi connectivity index (χ3n) is 3.15. The summed E-state index contributed by atoms with van der Waals surface area (Å²) < 4.78 is 32.2. The van der Waals surface area contributed by atoms with Gasteiger partial charge in [0, 0.05) is 6.54 Å². The van der Waals surface area contributed by atoms with Crippen LogP contribution in [-0.4, -0.2) is 20.1 Å². The Bertz CT molecular complexity index is 718. The number of benzene rings is 1. The van der Waals surface area contributed by atoms with E-state index in [2.05, 4.69) is 5.16 Å². The molecule has 0 spiro atoms. The minimum Gasteiger partial charge on any atom is -0.397 e. The molecule has 0 aliphatic carbocycles. The van der Waals surface area contributed by atoms with Gasteiger partial charge in [0.1, 0.15) is 5.69 Å². The summed E-state index contributed by atoms with van der Waals surface area (Å²) >= 11 is 0. The number of nitrogen functional groups attached to an aromatic ring is 1. The Kier molecular flexibility index (Phi) is 4.22. The Morgan fingerprint density at radius 1 is 1.29 bits per heavy atom. The number of para-hydroxylation sites is 2. The van der Waals surface area contributed by atoms with E-state index in [9.17, 15) is 8.42 Å². The molecule has 1 aromatic heterocycles. The number of rotatable bonds is 5. The number of nitrogens with zero attached hydrogens (tertiary/aromatic N) is 2. The summed E-state index contributed by atoms with van der Waals surface area (Å²) in [5, 5.41) is 3.73. The van der Waals surface area contributed by atoms with Crippen LogP contribution < -0.4 is 10.0 Å². The van der Waals surface area contributed by atoms with Gasteiger partial charge in [-0.05, 0) is 32.4 Å². The zero-order valence-corrected chi connectivity index (χ0v) is 13.1. The lowest BCUT2D eigenvalue weighted by Crippen LogP contribution is -2.33. The van der Waals surface area contributed by atoms with Crippen molar-refractivity contribution in [2.75, 3.05) is 16.6 Å². The van der Waals surface area contributed by atoms with Gasteiger partial charge in [0.05, 0.1) is 11.4 Å². The van der Waals surface area contributed by atoms with Crippen LogP contribution in [0.2, 0.25) is 0 Å².